The number of rotatable bonds is 5. The first-order valence-corrected chi connectivity index (χ1v) is 6.37. The van der Waals surface area contributed by atoms with Crippen molar-refractivity contribution in [3.8, 4) is 0 Å². The smallest absolute Gasteiger partial charge is 0.271 e. The maximum Gasteiger partial charge on any atom is 0.271 e. The highest BCUT2D eigenvalue weighted by Gasteiger charge is 2.24. The van der Waals surface area contributed by atoms with Crippen molar-refractivity contribution in [2.24, 2.45) is 5.41 Å². The molecule has 106 valence electrons. The Bertz CT molecular complexity index is 452. The lowest BCUT2D eigenvalue weighted by atomic mass is 9.84. The summed E-state index contributed by atoms with van der Waals surface area (Å²) in [7, 11) is 0. The van der Waals surface area contributed by atoms with Crippen LogP contribution in [0.25, 0.3) is 0 Å². The molecule has 0 fully saturated rings. The molecule has 2 N–H and O–H groups in total. The van der Waals surface area contributed by atoms with Crippen LogP contribution in [0.2, 0.25) is 0 Å². The summed E-state index contributed by atoms with van der Waals surface area (Å²) < 4.78 is 0. The van der Waals surface area contributed by atoms with Crippen molar-refractivity contribution in [1.82, 2.24) is 0 Å². The number of non-ortho nitro benzene ring substituents is 1. The SMILES string of the molecule is Cc1cc(NC(CCO)C(C)(C)C)cc([N+](=O)[O-])c1. The zero-order chi connectivity index (χ0) is 14.6. The molecule has 1 atom stereocenters. The number of aryl methyl sites for hydroxylation is 1. The maximum absolute atomic E-state index is 10.9. The second kappa shape index (κ2) is 6.02. The quantitative estimate of drug-likeness (QED) is 0.634. The zero-order valence-corrected chi connectivity index (χ0v) is 11.9. The summed E-state index contributed by atoms with van der Waals surface area (Å²) in [6.07, 6.45) is 0.602. The maximum atomic E-state index is 10.9. The molecule has 1 unspecified atom stereocenters. The van der Waals surface area contributed by atoms with E-state index in [-0.39, 0.29) is 23.8 Å². The molecule has 0 aliphatic carbocycles. The Kier molecular flexibility index (Phi) is 4.89. The third-order valence-electron chi connectivity index (χ3n) is 3.08. The summed E-state index contributed by atoms with van der Waals surface area (Å²) in [6, 6.07) is 5.01. The molecule has 0 saturated heterocycles. The minimum absolute atomic E-state index is 0.0404. The highest BCUT2D eigenvalue weighted by atomic mass is 16.6. The van der Waals surface area contributed by atoms with Crippen LogP contribution in [0, 0.1) is 22.5 Å². The van der Waals surface area contributed by atoms with Crippen LogP contribution in [0.3, 0.4) is 0 Å². The number of nitro benzene ring substituents is 1. The van der Waals surface area contributed by atoms with Crippen molar-refractivity contribution < 1.29 is 10.0 Å². The van der Waals surface area contributed by atoms with Gasteiger partial charge in [0, 0.05) is 30.5 Å². The molecule has 19 heavy (non-hydrogen) atoms. The van der Waals surface area contributed by atoms with E-state index < -0.39 is 4.92 Å². The van der Waals surface area contributed by atoms with Crippen molar-refractivity contribution in [2.75, 3.05) is 11.9 Å². The van der Waals surface area contributed by atoms with Crippen LogP contribution in [0.15, 0.2) is 18.2 Å². The lowest BCUT2D eigenvalue weighted by Gasteiger charge is -2.32. The lowest BCUT2D eigenvalue weighted by molar-refractivity contribution is -0.384. The van der Waals surface area contributed by atoms with Gasteiger partial charge in [-0.2, -0.15) is 0 Å². The number of benzene rings is 1. The molecule has 1 aromatic carbocycles. The monoisotopic (exact) mass is 266 g/mol. The van der Waals surface area contributed by atoms with Gasteiger partial charge in [0.2, 0.25) is 0 Å². The number of aliphatic hydroxyl groups is 1. The number of nitrogens with zero attached hydrogens (tertiary/aromatic N) is 1. The van der Waals surface area contributed by atoms with Gasteiger partial charge < -0.3 is 10.4 Å². The highest BCUT2D eigenvalue weighted by molar-refractivity contribution is 5.54. The number of nitro groups is 1. The first-order chi connectivity index (χ1) is 8.74. The van der Waals surface area contributed by atoms with Crippen molar-refractivity contribution in [2.45, 2.75) is 40.2 Å². The first-order valence-electron chi connectivity index (χ1n) is 6.37. The van der Waals surface area contributed by atoms with Crippen LogP contribution >= 0.6 is 0 Å². The predicted octanol–water partition coefficient (Wildman–Crippen LogP) is 3.11. The standard InChI is InChI=1S/C14H22N2O3/c1-10-7-11(9-12(8-10)16(18)19)15-13(5-6-17)14(2,3)4/h7-9,13,15,17H,5-6H2,1-4H3. The Hall–Kier alpha value is -1.62. The molecule has 5 nitrogen and oxygen atoms in total. The molecule has 0 aliphatic rings. The Morgan fingerprint density at radius 2 is 2.00 bits per heavy atom. The fourth-order valence-corrected chi connectivity index (χ4v) is 2.00. The topological polar surface area (TPSA) is 75.4 Å². The summed E-state index contributed by atoms with van der Waals surface area (Å²) in [4.78, 5) is 10.5. The molecule has 0 spiro atoms. The normalized spacial score (nSPS) is 13.1. The number of hydrogen-bond acceptors (Lipinski definition) is 4. The molecule has 1 aromatic rings. The largest absolute Gasteiger partial charge is 0.396 e. The number of hydrogen-bond donors (Lipinski definition) is 2. The Balaban J connectivity index is 2.99. The van der Waals surface area contributed by atoms with E-state index in [0.717, 1.165) is 11.3 Å². The van der Waals surface area contributed by atoms with Crippen molar-refractivity contribution in [3.05, 3.63) is 33.9 Å². The Morgan fingerprint density at radius 1 is 1.37 bits per heavy atom. The van der Waals surface area contributed by atoms with Crippen LogP contribution in [-0.2, 0) is 0 Å². The molecule has 0 saturated carbocycles. The average molecular weight is 266 g/mol. The van der Waals surface area contributed by atoms with E-state index in [9.17, 15) is 10.1 Å². The second-order valence-corrected chi connectivity index (χ2v) is 5.89. The molecule has 0 amide bonds. The van der Waals surface area contributed by atoms with E-state index >= 15 is 0 Å². The van der Waals surface area contributed by atoms with Crippen LogP contribution in [-0.4, -0.2) is 22.7 Å². The van der Waals surface area contributed by atoms with Gasteiger partial charge in [0.1, 0.15) is 0 Å². The molecule has 0 bridgehead atoms. The molecule has 0 aliphatic heterocycles. The molecule has 0 heterocycles. The summed E-state index contributed by atoms with van der Waals surface area (Å²) >= 11 is 0. The van der Waals surface area contributed by atoms with Gasteiger partial charge in [0.25, 0.3) is 5.69 Å². The van der Waals surface area contributed by atoms with Crippen molar-refractivity contribution in [1.29, 1.82) is 0 Å². The van der Waals surface area contributed by atoms with Gasteiger partial charge in [-0.25, -0.2) is 0 Å². The highest BCUT2D eigenvalue weighted by Crippen LogP contribution is 2.28. The zero-order valence-electron chi connectivity index (χ0n) is 11.9. The van der Waals surface area contributed by atoms with Gasteiger partial charge in [-0.15, -0.1) is 0 Å². The van der Waals surface area contributed by atoms with Crippen LogP contribution < -0.4 is 5.32 Å². The fourth-order valence-electron chi connectivity index (χ4n) is 2.00. The molecular weight excluding hydrogens is 244 g/mol. The minimum atomic E-state index is -0.393. The Morgan fingerprint density at radius 3 is 2.47 bits per heavy atom. The Labute approximate surface area is 113 Å². The number of nitrogens with one attached hydrogen (secondary N) is 1. The molecule has 5 heteroatoms. The van der Waals surface area contributed by atoms with Crippen LogP contribution in [0.5, 0.6) is 0 Å². The van der Waals surface area contributed by atoms with E-state index in [2.05, 4.69) is 26.1 Å². The van der Waals surface area contributed by atoms with Gasteiger partial charge >= 0.3 is 0 Å². The van der Waals surface area contributed by atoms with E-state index in [1.807, 2.05) is 13.0 Å². The molecular formula is C14H22N2O3. The van der Waals surface area contributed by atoms with Crippen LogP contribution in [0.4, 0.5) is 11.4 Å². The van der Waals surface area contributed by atoms with Gasteiger partial charge in [0.05, 0.1) is 4.92 Å². The van der Waals surface area contributed by atoms with Gasteiger partial charge in [-0.05, 0) is 30.4 Å². The third kappa shape index (κ3) is 4.52. The average Bonchev–Trinajstić information content (AvgIpc) is 2.26. The second-order valence-electron chi connectivity index (χ2n) is 5.89. The van der Waals surface area contributed by atoms with Gasteiger partial charge in [-0.1, -0.05) is 20.8 Å². The number of anilines is 1. The fraction of sp³-hybridized carbons (Fsp3) is 0.571. The van der Waals surface area contributed by atoms with Gasteiger partial charge in [-0.3, -0.25) is 10.1 Å². The van der Waals surface area contributed by atoms with E-state index in [1.54, 1.807) is 6.07 Å². The summed E-state index contributed by atoms with van der Waals surface area (Å²) in [5.74, 6) is 0. The third-order valence-corrected chi connectivity index (χ3v) is 3.08. The van der Waals surface area contributed by atoms with Crippen molar-refractivity contribution in [3.63, 3.8) is 0 Å². The summed E-state index contributed by atoms with van der Waals surface area (Å²) in [6.45, 7) is 8.14. The minimum Gasteiger partial charge on any atom is -0.396 e. The molecule has 0 radical (unpaired) electrons. The van der Waals surface area contributed by atoms with Gasteiger partial charge in [0.15, 0.2) is 0 Å². The lowest BCUT2D eigenvalue weighted by Crippen LogP contribution is -2.34. The van der Waals surface area contributed by atoms with E-state index in [0.29, 0.717) is 6.42 Å². The number of aliphatic hydroxyl groups excluding tert-OH is 1. The van der Waals surface area contributed by atoms with Crippen molar-refractivity contribution >= 4 is 11.4 Å². The van der Waals surface area contributed by atoms with E-state index in [4.69, 9.17) is 5.11 Å². The summed E-state index contributed by atoms with van der Waals surface area (Å²) in [5, 5.41) is 23.3. The molecule has 1 rings (SSSR count). The predicted molar refractivity (Wildman–Crippen MR) is 76.4 cm³/mol. The first kappa shape index (κ1) is 15.4. The summed E-state index contributed by atoms with van der Waals surface area (Å²) in [5.41, 5.74) is 1.61. The van der Waals surface area contributed by atoms with E-state index in [1.165, 1.54) is 6.07 Å². The molecule has 0 aromatic heterocycles. The van der Waals surface area contributed by atoms with Crippen LogP contribution in [0.1, 0.15) is 32.8 Å².